The molecule has 10 heteroatoms. The lowest BCUT2D eigenvalue weighted by Crippen LogP contribution is -2.57. The molecule has 1 saturated heterocycles. The van der Waals surface area contributed by atoms with Crippen LogP contribution in [0, 0.1) is 11.8 Å². The summed E-state index contributed by atoms with van der Waals surface area (Å²) in [6, 6.07) is -0.990. The van der Waals surface area contributed by atoms with Crippen molar-refractivity contribution in [2.75, 3.05) is 19.6 Å². The molecule has 0 spiro atoms. The van der Waals surface area contributed by atoms with Crippen molar-refractivity contribution in [3.63, 3.8) is 0 Å². The van der Waals surface area contributed by atoms with Crippen molar-refractivity contribution in [3.05, 3.63) is 0 Å². The molecule has 1 heterocycles. The average molecular weight is 468 g/mol. The van der Waals surface area contributed by atoms with Crippen LogP contribution in [0.25, 0.3) is 0 Å². The van der Waals surface area contributed by atoms with Crippen LogP contribution >= 0.6 is 12.2 Å². The number of rotatable bonds is 10. The van der Waals surface area contributed by atoms with E-state index < -0.39 is 25.1 Å². The number of carbonyl (C=O) groups is 2. The van der Waals surface area contributed by atoms with E-state index in [1.54, 1.807) is 4.90 Å². The highest BCUT2D eigenvalue weighted by molar-refractivity contribution is 7.80. The topological polar surface area (TPSA) is 119 Å². The molecule has 1 saturated carbocycles. The summed E-state index contributed by atoms with van der Waals surface area (Å²) in [5.74, 6) is -0.674. The molecule has 8 nitrogen and oxygen atoms in total. The number of nitrogens with one attached hydrogen (secondary N) is 1. The first-order valence-electron chi connectivity index (χ1n) is 12.2. The lowest BCUT2D eigenvalue weighted by Gasteiger charge is -2.34. The molecule has 182 valence electrons. The molecule has 2 fully saturated rings. The van der Waals surface area contributed by atoms with Gasteiger partial charge in [-0.3, -0.25) is 9.59 Å². The highest BCUT2D eigenvalue weighted by Crippen LogP contribution is 2.26. The van der Waals surface area contributed by atoms with E-state index in [-0.39, 0.29) is 30.2 Å². The van der Waals surface area contributed by atoms with Crippen LogP contribution in [0.2, 0.25) is 0 Å². The fourth-order valence-corrected chi connectivity index (χ4v) is 5.46. The van der Waals surface area contributed by atoms with Crippen molar-refractivity contribution in [1.29, 1.82) is 0 Å². The van der Waals surface area contributed by atoms with Crippen LogP contribution in [0.1, 0.15) is 72.1 Å². The molecule has 1 aliphatic carbocycles. The van der Waals surface area contributed by atoms with Gasteiger partial charge in [0, 0.05) is 13.1 Å². The Labute approximate surface area is 198 Å². The van der Waals surface area contributed by atoms with Crippen LogP contribution in [0.4, 0.5) is 0 Å². The first-order valence-corrected chi connectivity index (χ1v) is 12.6. The SMILES string of the molecule is CCCN(CC(=O)N[C@H](C(=S)N1CCC[C@H]1B(O)O)C(C)C)C(=O)[C@@H](N)C1CCCCC1. The van der Waals surface area contributed by atoms with Gasteiger partial charge in [-0.1, -0.05) is 52.3 Å². The van der Waals surface area contributed by atoms with E-state index in [0.717, 1.165) is 38.5 Å². The predicted octanol–water partition coefficient (Wildman–Crippen LogP) is 1.08. The third-order valence-corrected chi connectivity index (χ3v) is 7.25. The fraction of sp³-hybridized carbons (Fsp3) is 0.864. The minimum Gasteiger partial charge on any atom is -0.426 e. The van der Waals surface area contributed by atoms with Crippen molar-refractivity contribution in [2.24, 2.45) is 17.6 Å². The standard InChI is InChI=1S/C22H41BN4O4S/c1-4-12-26(21(29)19(24)16-9-6-5-7-10-16)14-18(28)25-20(15(2)3)22(32)27-13-8-11-17(27)23(30)31/h15-17,19-20,30-31H,4-14,24H2,1-3H3,(H,25,28)/t17-,19-,20-/m0/s1. The van der Waals surface area contributed by atoms with Gasteiger partial charge in [0.05, 0.1) is 24.6 Å². The molecule has 2 aliphatic rings. The molecule has 0 bridgehead atoms. The van der Waals surface area contributed by atoms with E-state index in [4.69, 9.17) is 18.0 Å². The highest BCUT2D eigenvalue weighted by atomic mass is 32.1. The molecule has 0 aromatic rings. The van der Waals surface area contributed by atoms with Gasteiger partial charge in [-0.25, -0.2) is 0 Å². The number of amides is 2. The minimum absolute atomic E-state index is 0.0170. The number of hydrogen-bond donors (Lipinski definition) is 4. The summed E-state index contributed by atoms with van der Waals surface area (Å²) in [6.45, 7) is 6.97. The number of likely N-dealkylation sites (tertiary alicyclic amines) is 1. The molecule has 0 unspecified atom stereocenters. The Morgan fingerprint density at radius 1 is 1.19 bits per heavy atom. The molecule has 0 aromatic heterocycles. The molecule has 1 aliphatic heterocycles. The summed E-state index contributed by atoms with van der Waals surface area (Å²) in [4.78, 5) is 29.9. The fourth-order valence-electron chi connectivity index (χ4n) is 4.90. The van der Waals surface area contributed by atoms with Crippen molar-refractivity contribution < 1.29 is 19.6 Å². The molecule has 0 aromatic carbocycles. The van der Waals surface area contributed by atoms with Crippen molar-refractivity contribution in [2.45, 2.75) is 90.2 Å². The Morgan fingerprint density at radius 2 is 1.84 bits per heavy atom. The Bertz CT molecular complexity index is 645. The quantitative estimate of drug-likeness (QED) is 0.280. The van der Waals surface area contributed by atoms with Crippen LogP contribution < -0.4 is 11.1 Å². The van der Waals surface area contributed by atoms with E-state index in [0.29, 0.717) is 24.5 Å². The monoisotopic (exact) mass is 468 g/mol. The molecule has 2 rings (SSSR count). The lowest BCUT2D eigenvalue weighted by atomic mass is 9.77. The zero-order valence-corrected chi connectivity index (χ0v) is 20.6. The number of nitrogens with zero attached hydrogens (tertiary/aromatic N) is 2. The number of nitrogens with two attached hydrogens (primary N) is 1. The van der Waals surface area contributed by atoms with Gasteiger partial charge >= 0.3 is 7.12 Å². The second-order valence-electron chi connectivity index (χ2n) is 9.63. The lowest BCUT2D eigenvalue weighted by molar-refractivity contribution is -0.138. The van der Waals surface area contributed by atoms with E-state index in [1.165, 1.54) is 6.42 Å². The van der Waals surface area contributed by atoms with Crippen molar-refractivity contribution in [1.82, 2.24) is 15.1 Å². The van der Waals surface area contributed by atoms with E-state index in [1.807, 2.05) is 25.7 Å². The molecule has 32 heavy (non-hydrogen) atoms. The summed E-state index contributed by atoms with van der Waals surface area (Å²) >= 11 is 5.66. The van der Waals surface area contributed by atoms with Crippen LogP contribution in [-0.4, -0.2) is 81.4 Å². The van der Waals surface area contributed by atoms with Gasteiger partial charge in [0.2, 0.25) is 11.8 Å². The van der Waals surface area contributed by atoms with Gasteiger partial charge in [-0.2, -0.15) is 0 Å². The normalized spacial score (nSPS) is 21.3. The zero-order chi connectivity index (χ0) is 23.8. The predicted molar refractivity (Wildman–Crippen MR) is 131 cm³/mol. The van der Waals surface area contributed by atoms with Crippen molar-refractivity contribution in [3.8, 4) is 0 Å². The minimum atomic E-state index is -1.47. The maximum Gasteiger partial charge on any atom is 0.475 e. The summed E-state index contributed by atoms with van der Waals surface area (Å²) in [6.07, 6.45) is 7.55. The Balaban J connectivity index is 2.02. The van der Waals surface area contributed by atoms with Crippen LogP contribution in [-0.2, 0) is 9.59 Å². The Hall–Kier alpha value is -1.23. The summed E-state index contributed by atoms with van der Waals surface area (Å²) in [5.41, 5.74) is 6.33. The first kappa shape index (κ1) is 27.0. The number of carbonyl (C=O) groups excluding carboxylic acids is 2. The summed E-state index contributed by atoms with van der Waals surface area (Å²) in [7, 11) is -1.47. The van der Waals surface area contributed by atoms with Gasteiger partial charge in [0.1, 0.15) is 4.99 Å². The summed E-state index contributed by atoms with van der Waals surface area (Å²) in [5, 5.41) is 22.4. The molecular formula is C22H41BN4O4S. The van der Waals surface area contributed by atoms with Crippen LogP contribution in [0.3, 0.4) is 0 Å². The van der Waals surface area contributed by atoms with Gasteiger partial charge in [0.25, 0.3) is 0 Å². The molecule has 3 atom stereocenters. The van der Waals surface area contributed by atoms with Gasteiger partial charge in [-0.05, 0) is 43.9 Å². The average Bonchev–Trinajstić information content (AvgIpc) is 3.26. The van der Waals surface area contributed by atoms with E-state index in [9.17, 15) is 19.6 Å². The summed E-state index contributed by atoms with van der Waals surface area (Å²) < 4.78 is 0. The van der Waals surface area contributed by atoms with Gasteiger partial charge in [-0.15, -0.1) is 0 Å². The van der Waals surface area contributed by atoms with E-state index >= 15 is 0 Å². The molecule has 2 amide bonds. The van der Waals surface area contributed by atoms with Gasteiger partial charge < -0.3 is 30.9 Å². The Kier molecular flexibility index (Phi) is 10.9. The number of thiocarbonyl (C=S) groups is 1. The van der Waals surface area contributed by atoms with E-state index in [2.05, 4.69) is 5.32 Å². The number of hydrogen-bond acceptors (Lipinski definition) is 6. The first-order chi connectivity index (χ1) is 15.2. The largest absolute Gasteiger partial charge is 0.475 e. The molecule has 0 radical (unpaired) electrons. The maximum atomic E-state index is 13.1. The third-order valence-electron chi connectivity index (χ3n) is 6.76. The third kappa shape index (κ3) is 7.14. The smallest absolute Gasteiger partial charge is 0.426 e. The van der Waals surface area contributed by atoms with Gasteiger partial charge in [0.15, 0.2) is 0 Å². The van der Waals surface area contributed by atoms with Crippen LogP contribution in [0.15, 0.2) is 0 Å². The molecular weight excluding hydrogens is 427 g/mol. The van der Waals surface area contributed by atoms with Crippen LogP contribution in [0.5, 0.6) is 0 Å². The second-order valence-corrected chi connectivity index (χ2v) is 10.0. The maximum absolute atomic E-state index is 13.1. The Morgan fingerprint density at radius 3 is 2.41 bits per heavy atom. The molecule has 5 N–H and O–H groups in total. The zero-order valence-electron chi connectivity index (χ0n) is 19.8. The second kappa shape index (κ2) is 12.9. The van der Waals surface area contributed by atoms with Crippen molar-refractivity contribution >= 4 is 36.1 Å². The highest BCUT2D eigenvalue weighted by Gasteiger charge is 2.38.